The maximum absolute atomic E-state index is 12.3. The molecular weight excluding hydrogens is 316 g/mol. The number of anilines is 1. The van der Waals surface area contributed by atoms with Gasteiger partial charge in [0.25, 0.3) is 0 Å². The lowest BCUT2D eigenvalue weighted by molar-refractivity contribution is -0.272. The molecule has 0 radical (unpaired) electrons. The van der Waals surface area contributed by atoms with Crippen LogP contribution >= 0.6 is 11.6 Å². The molecule has 0 aliphatic rings. The molecule has 0 bridgehead atoms. The monoisotopic (exact) mass is 321 g/mol. The summed E-state index contributed by atoms with van der Waals surface area (Å²) in [5.41, 5.74) is -0.449. The lowest BCUT2D eigenvalue weighted by atomic mass is 10.1. The fourth-order valence-electron chi connectivity index (χ4n) is 1.29. The summed E-state index contributed by atoms with van der Waals surface area (Å²) >= 11 is 5.40. The summed E-state index contributed by atoms with van der Waals surface area (Å²) in [5, 5.41) is 10.4. The Labute approximate surface area is 113 Å². The molecule has 0 atom stereocenters. The molecule has 0 saturated carbocycles. The van der Waals surface area contributed by atoms with Gasteiger partial charge in [0.2, 0.25) is 11.8 Å². The van der Waals surface area contributed by atoms with Crippen LogP contribution in [0.2, 0.25) is 5.02 Å². The van der Waals surface area contributed by atoms with E-state index in [1.165, 1.54) is 5.32 Å². The van der Waals surface area contributed by atoms with Gasteiger partial charge in [0.1, 0.15) is 5.75 Å². The van der Waals surface area contributed by atoms with Gasteiger partial charge in [-0.3, -0.25) is 4.79 Å². The third-order valence-corrected chi connectivity index (χ3v) is 2.45. The second-order valence-electron chi connectivity index (χ2n) is 3.67. The zero-order valence-corrected chi connectivity index (χ0v) is 10.1. The van der Waals surface area contributed by atoms with E-state index in [0.29, 0.717) is 0 Å². The van der Waals surface area contributed by atoms with Gasteiger partial charge in [-0.05, 0) is 12.1 Å². The summed E-state index contributed by atoms with van der Waals surface area (Å²) < 4.78 is 73.6. The molecule has 0 aromatic heterocycles. The van der Waals surface area contributed by atoms with Gasteiger partial charge in [0.15, 0.2) is 0 Å². The minimum Gasteiger partial charge on any atom is -0.506 e. The van der Waals surface area contributed by atoms with Crippen molar-refractivity contribution in [3.8, 4) is 5.75 Å². The molecule has 1 aromatic carbocycles. The summed E-state index contributed by atoms with van der Waals surface area (Å²) in [6, 6.07) is 2.68. The van der Waals surface area contributed by atoms with E-state index in [-0.39, 0.29) is 5.02 Å². The predicted octanol–water partition coefficient (Wildman–Crippen LogP) is 3.72. The number of hydrogen-bond donors (Lipinski definition) is 2. The van der Waals surface area contributed by atoms with E-state index in [1.807, 2.05) is 0 Å². The van der Waals surface area contributed by atoms with Gasteiger partial charge >= 0.3 is 12.4 Å². The van der Waals surface area contributed by atoms with E-state index in [0.717, 1.165) is 18.2 Å². The van der Waals surface area contributed by atoms with Crippen molar-refractivity contribution in [2.24, 2.45) is 5.92 Å². The van der Waals surface area contributed by atoms with Crippen molar-refractivity contribution in [3.63, 3.8) is 0 Å². The first-order valence-corrected chi connectivity index (χ1v) is 5.23. The summed E-state index contributed by atoms with van der Waals surface area (Å²) in [6.07, 6.45) is -11.6. The number of phenolic OH excluding ortho intramolecular Hbond substituents is 1. The molecule has 20 heavy (non-hydrogen) atoms. The minimum atomic E-state index is -5.78. The van der Waals surface area contributed by atoms with E-state index in [2.05, 4.69) is 0 Å². The van der Waals surface area contributed by atoms with Crippen molar-refractivity contribution in [3.05, 3.63) is 23.2 Å². The van der Waals surface area contributed by atoms with Crippen LogP contribution in [0.15, 0.2) is 18.2 Å². The number of carbonyl (C=O) groups excluding carboxylic acids is 1. The smallest absolute Gasteiger partial charge is 0.409 e. The molecule has 1 rings (SSSR count). The van der Waals surface area contributed by atoms with Gasteiger partial charge in [-0.2, -0.15) is 26.3 Å². The Kier molecular flexibility index (Phi) is 4.42. The highest BCUT2D eigenvalue weighted by Gasteiger charge is 2.61. The lowest BCUT2D eigenvalue weighted by Crippen LogP contribution is -2.45. The van der Waals surface area contributed by atoms with Gasteiger partial charge in [-0.15, -0.1) is 0 Å². The fourth-order valence-corrected chi connectivity index (χ4v) is 1.41. The number of rotatable bonds is 2. The standard InChI is InChI=1S/C10H6ClF6NO2/c11-5-2-1-4(3-6(5)19)18-8(20)7(9(12,13)14)10(15,16)17/h1-3,7,19H,(H,18,20). The molecule has 1 amide bonds. The summed E-state index contributed by atoms with van der Waals surface area (Å²) in [7, 11) is 0. The van der Waals surface area contributed by atoms with Crippen molar-refractivity contribution in [2.45, 2.75) is 12.4 Å². The predicted molar refractivity (Wildman–Crippen MR) is 57.3 cm³/mol. The number of amides is 1. The molecule has 0 aliphatic carbocycles. The molecule has 112 valence electrons. The number of aromatic hydroxyl groups is 1. The van der Waals surface area contributed by atoms with Gasteiger partial charge < -0.3 is 10.4 Å². The van der Waals surface area contributed by atoms with Crippen LogP contribution in [0.25, 0.3) is 0 Å². The van der Waals surface area contributed by atoms with Crippen molar-refractivity contribution in [1.82, 2.24) is 0 Å². The lowest BCUT2D eigenvalue weighted by Gasteiger charge is -2.22. The molecule has 0 unspecified atom stereocenters. The van der Waals surface area contributed by atoms with Gasteiger partial charge in [0.05, 0.1) is 5.02 Å². The number of nitrogens with one attached hydrogen (secondary N) is 1. The highest BCUT2D eigenvalue weighted by atomic mass is 35.5. The van der Waals surface area contributed by atoms with Crippen LogP contribution in [-0.4, -0.2) is 23.4 Å². The van der Waals surface area contributed by atoms with Crippen LogP contribution in [0.5, 0.6) is 5.75 Å². The van der Waals surface area contributed by atoms with E-state index >= 15 is 0 Å². The molecule has 0 aliphatic heterocycles. The largest absolute Gasteiger partial charge is 0.506 e. The highest BCUT2D eigenvalue weighted by molar-refractivity contribution is 6.32. The Morgan fingerprint density at radius 3 is 2.05 bits per heavy atom. The van der Waals surface area contributed by atoms with Gasteiger partial charge in [-0.1, -0.05) is 11.6 Å². The quantitative estimate of drug-likeness (QED) is 0.816. The Balaban J connectivity index is 3.00. The second kappa shape index (κ2) is 5.39. The number of carbonyl (C=O) groups is 1. The van der Waals surface area contributed by atoms with Crippen LogP contribution in [0, 0.1) is 5.92 Å². The van der Waals surface area contributed by atoms with Gasteiger partial charge in [-0.25, -0.2) is 0 Å². The zero-order chi connectivity index (χ0) is 15.7. The van der Waals surface area contributed by atoms with E-state index in [9.17, 15) is 31.1 Å². The first-order valence-electron chi connectivity index (χ1n) is 4.85. The first kappa shape index (κ1) is 16.4. The second-order valence-corrected chi connectivity index (χ2v) is 4.08. The third kappa shape index (κ3) is 3.92. The first-order chi connectivity index (χ1) is 8.93. The highest BCUT2D eigenvalue weighted by Crippen LogP contribution is 2.40. The molecule has 0 fully saturated rings. The average Bonchev–Trinajstić information content (AvgIpc) is 2.18. The third-order valence-electron chi connectivity index (χ3n) is 2.13. The Morgan fingerprint density at radius 1 is 1.15 bits per heavy atom. The van der Waals surface area contributed by atoms with Crippen molar-refractivity contribution < 1.29 is 36.2 Å². The normalized spacial score (nSPS) is 12.6. The van der Waals surface area contributed by atoms with Crippen LogP contribution in [-0.2, 0) is 4.79 Å². The maximum Gasteiger partial charge on any atom is 0.409 e. The number of phenols is 1. The molecule has 10 heteroatoms. The van der Waals surface area contributed by atoms with Crippen molar-refractivity contribution >= 4 is 23.2 Å². The number of alkyl halides is 6. The van der Waals surface area contributed by atoms with E-state index in [4.69, 9.17) is 16.7 Å². The molecule has 2 N–H and O–H groups in total. The van der Waals surface area contributed by atoms with Crippen molar-refractivity contribution in [1.29, 1.82) is 0 Å². The SMILES string of the molecule is O=C(Nc1ccc(Cl)c(O)c1)C(C(F)(F)F)C(F)(F)F. The Hall–Kier alpha value is -1.64. The maximum atomic E-state index is 12.3. The van der Waals surface area contributed by atoms with Crippen LogP contribution in [0.1, 0.15) is 0 Å². The number of hydrogen-bond acceptors (Lipinski definition) is 2. The van der Waals surface area contributed by atoms with E-state index < -0.39 is 35.6 Å². The average molecular weight is 322 g/mol. The number of benzene rings is 1. The Morgan fingerprint density at radius 2 is 1.65 bits per heavy atom. The molecule has 3 nitrogen and oxygen atoms in total. The van der Waals surface area contributed by atoms with Crippen LogP contribution < -0.4 is 5.32 Å². The number of halogens is 7. The van der Waals surface area contributed by atoms with E-state index in [1.54, 1.807) is 0 Å². The summed E-state index contributed by atoms with van der Waals surface area (Å²) in [6.45, 7) is 0. The fraction of sp³-hybridized carbons (Fsp3) is 0.300. The van der Waals surface area contributed by atoms with Crippen LogP contribution in [0.3, 0.4) is 0 Å². The summed E-state index contributed by atoms with van der Waals surface area (Å²) in [4.78, 5) is 11.1. The zero-order valence-electron chi connectivity index (χ0n) is 9.31. The molecule has 0 saturated heterocycles. The molecular formula is C10H6ClF6NO2. The summed E-state index contributed by atoms with van der Waals surface area (Å²) in [5.74, 6) is -7.06. The minimum absolute atomic E-state index is 0.175. The topological polar surface area (TPSA) is 49.3 Å². The van der Waals surface area contributed by atoms with Crippen LogP contribution in [0.4, 0.5) is 32.0 Å². The van der Waals surface area contributed by atoms with Crippen molar-refractivity contribution in [2.75, 3.05) is 5.32 Å². The molecule has 0 heterocycles. The molecule has 0 spiro atoms. The molecule has 1 aromatic rings. The Bertz CT molecular complexity index is 499. The van der Waals surface area contributed by atoms with Gasteiger partial charge in [0, 0.05) is 11.8 Å².